The summed E-state index contributed by atoms with van der Waals surface area (Å²) < 4.78 is 8.09. The van der Waals surface area contributed by atoms with E-state index in [2.05, 4.69) is 56.5 Å². The van der Waals surface area contributed by atoms with Gasteiger partial charge in [-0.25, -0.2) is 0 Å². The van der Waals surface area contributed by atoms with E-state index in [0.717, 1.165) is 5.76 Å². The predicted molar refractivity (Wildman–Crippen MR) is 75.2 cm³/mol. The second-order valence-corrected chi connectivity index (χ2v) is 10.3. The lowest BCUT2D eigenvalue weighted by Crippen LogP contribution is -2.40. The van der Waals surface area contributed by atoms with Gasteiger partial charge in [0.05, 0.1) is 5.76 Å². The maximum Gasteiger partial charge on any atom is 0.250 e. The molecule has 0 unspecified atom stereocenters. The van der Waals surface area contributed by atoms with Gasteiger partial charge in [0, 0.05) is 0 Å². The average Bonchev–Trinajstić information content (AvgIpc) is 2.01. The van der Waals surface area contributed by atoms with Gasteiger partial charge in [0.1, 0.15) is 0 Å². The zero-order valence-electron chi connectivity index (χ0n) is 10.0. The molecule has 0 atom stereocenters. The molecule has 0 rings (SSSR count). The Balaban J connectivity index is 4.66. The molecule has 1 nitrogen and oxygen atoms in total. The largest absolute Gasteiger partial charge is 0.544 e. The van der Waals surface area contributed by atoms with E-state index in [1.807, 2.05) is 23.2 Å². The van der Waals surface area contributed by atoms with Crippen molar-refractivity contribution < 1.29 is 4.43 Å². The molecule has 0 aromatic heterocycles. The van der Waals surface area contributed by atoms with E-state index in [-0.39, 0.29) is 5.04 Å². The fourth-order valence-electron chi connectivity index (χ4n) is 0.699. The maximum absolute atomic E-state index is 6.10. The van der Waals surface area contributed by atoms with Crippen LogP contribution in [0.2, 0.25) is 18.1 Å². The third-order valence-corrected chi connectivity index (χ3v) is 7.41. The molecule has 82 valence electrons. The Kier molecular flexibility index (Phi) is 5.44. The number of rotatable bonds is 3. The van der Waals surface area contributed by atoms with Crippen LogP contribution in [0.4, 0.5) is 0 Å². The summed E-state index contributed by atoms with van der Waals surface area (Å²) in [5, 5.41) is 0.264. The lowest BCUT2D eigenvalue weighted by atomic mass is 10.2. The van der Waals surface area contributed by atoms with Gasteiger partial charge in [0.2, 0.25) is 8.32 Å². The molecule has 0 bridgehead atoms. The standard InChI is InChI=1S/C11H21IOSi/c1-7-10(8-9-12)13-14(5,6)11(2,3)4/h7-9H,1-6H3/b9-8-,10-7-. The van der Waals surface area contributed by atoms with Crippen LogP contribution >= 0.6 is 22.6 Å². The molecule has 0 aliphatic carbocycles. The highest BCUT2D eigenvalue weighted by molar-refractivity contribution is 14.1. The fourth-order valence-corrected chi connectivity index (χ4v) is 2.13. The van der Waals surface area contributed by atoms with Crippen molar-refractivity contribution in [2.24, 2.45) is 0 Å². The highest BCUT2D eigenvalue weighted by Gasteiger charge is 2.38. The van der Waals surface area contributed by atoms with Crippen LogP contribution in [-0.2, 0) is 4.43 Å². The smallest absolute Gasteiger partial charge is 0.250 e. The summed E-state index contributed by atoms with van der Waals surface area (Å²) in [6.45, 7) is 13.3. The number of hydrogen-bond donors (Lipinski definition) is 0. The van der Waals surface area contributed by atoms with Gasteiger partial charge in [0.25, 0.3) is 0 Å². The summed E-state index contributed by atoms with van der Waals surface area (Å²) in [7, 11) is -1.65. The van der Waals surface area contributed by atoms with Gasteiger partial charge in [-0.05, 0) is 41.3 Å². The van der Waals surface area contributed by atoms with Crippen LogP contribution in [0.25, 0.3) is 0 Å². The molecule has 0 aliphatic heterocycles. The monoisotopic (exact) mass is 324 g/mol. The summed E-state index contributed by atoms with van der Waals surface area (Å²) in [6.07, 6.45) is 4.04. The summed E-state index contributed by atoms with van der Waals surface area (Å²) in [4.78, 5) is 0. The zero-order valence-corrected chi connectivity index (χ0v) is 13.2. The van der Waals surface area contributed by atoms with Crippen molar-refractivity contribution >= 4 is 30.9 Å². The van der Waals surface area contributed by atoms with E-state index in [4.69, 9.17) is 4.43 Å². The third kappa shape index (κ3) is 4.17. The van der Waals surface area contributed by atoms with Gasteiger partial charge in [0.15, 0.2) is 0 Å². The minimum absolute atomic E-state index is 0.264. The Morgan fingerprint density at radius 2 is 1.79 bits per heavy atom. The SMILES string of the molecule is C/C=C(/C=C\I)O[Si](C)(C)C(C)(C)C. The topological polar surface area (TPSA) is 9.23 Å². The van der Waals surface area contributed by atoms with Crippen LogP contribution in [0, 0.1) is 0 Å². The van der Waals surface area contributed by atoms with Crippen LogP contribution in [0.5, 0.6) is 0 Å². The fraction of sp³-hybridized carbons (Fsp3) is 0.636. The van der Waals surface area contributed by atoms with Crippen LogP contribution in [0.1, 0.15) is 27.7 Å². The first-order valence-electron chi connectivity index (χ1n) is 4.86. The summed E-state index contributed by atoms with van der Waals surface area (Å²) >= 11 is 2.21. The van der Waals surface area contributed by atoms with Crippen LogP contribution in [0.15, 0.2) is 22.0 Å². The second kappa shape index (κ2) is 5.35. The molecule has 0 aromatic carbocycles. The molecular weight excluding hydrogens is 303 g/mol. The second-order valence-electron chi connectivity index (χ2n) is 4.85. The van der Waals surface area contributed by atoms with E-state index in [0.29, 0.717) is 0 Å². The van der Waals surface area contributed by atoms with Crippen molar-refractivity contribution in [3.05, 3.63) is 22.0 Å². The first kappa shape index (κ1) is 14.2. The quantitative estimate of drug-likeness (QED) is 0.312. The van der Waals surface area contributed by atoms with Gasteiger partial charge in [-0.3, -0.25) is 0 Å². The molecule has 14 heavy (non-hydrogen) atoms. The van der Waals surface area contributed by atoms with Gasteiger partial charge in [-0.2, -0.15) is 0 Å². The van der Waals surface area contributed by atoms with Crippen LogP contribution < -0.4 is 0 Å². The third-order valence-electron chi connectivity index (χ3n) is 2.69. The van der Waals surface area contributed by atoms with E-state index >= 15 is 0 Å². The minimum Gasteiger partial charge on any atom is -0.544 e. The molecule has 0 amide bonds. The molecular formula is C11H21IOSi. The Labute approximate surface area is 103 Å². The summed E-state index contributed by atoms with van der Waals surface area (Å²) in [6, 6.07) is 0. The van der Waals surface area contributed by atoms with E-state index in [1.165, 1.54) is 0 Å². The number of hydrogen-bond acceptors (Lipinski definition) is 1. The molecule has 0 aromatic rings. The highest BCUT2D eigenvalue weighted by atomic mass is 127. The van der Waals surface area contributed by atoms with E-state index < -0.39 is 8.32 Å². The van der Waals surface area contributed by atoms with Crippen molar-refractivity contribution in [2.45, 2.75) is 45.8 Å². The summed E-state index contributed by atoms with van der Waals surface area (Å²) in [5.41, 5.74) is 0. The Hall–Kier alpha value is 0.227. The first-order chi connectivity index (χ1) is 6.24. The lowest BCUT2D eigenvalue weighted by Gasteiger charge is -2.36. The lowest BCUT2D eigenvalue weighted by molar-refractivity contribution is 0.399. The molecule has 0 fully saturated rings. The molecule has 0 radical (unpaired) electrons. The molecule has 0 N–H and O–H groups in total. The van der Waals surface area contributed by atoms with Gasteiger partial charge >= 0.3 is 0 Å². The molecule has 0 heterocycles. The van der Waals surface area contributed by atoms with Crippen molar-refractivity contribution in [3.63, 3.8) is 0 Å². The molecule has 3 heteroatoms. The van der Waals surface area contributed by atoms with Crippen molar-refractivity contribution in [1.29, 1.82) is 0 Å². The maximum atomic E-state index is 6.10. The van der Waals surface area contributed by atoms with E-state index in [1.54, 1.807) is 0 Å². The Bertz CT molecular complexity index is 236. The van der Waals surface area contributed by atoms with E-state index in [9.17, 15) is 0 Å². The van der Waals surface area contributed by atoms with Gasteiger partial charge in [-0.15, -0.1) is 0 Å². The minimum atomic E-state index is -1.65. The van der Waals surface area contributed by atoms with Crippen molar-refractivity contribution in [1.82, 2.24) is 0 Å². The zero-order chi connectivity index (χ0) is 11.4. The molecule has 0 spiro atoms. The number of allylic oxidation sites excluding steroid dienone is 2. The molecule has 0 saturated carbocycles. The molecule has 0 aliphatic rings. The first-order valence-corrected chi connectivity index (χ1v) is 9.02. The molecule has 0 saturated heterocycles. The van der Waals surface area contributed by atoms with Gasteiger partial charge in [-0.1, -0.05) is 43.4 Å². The highest BCUT2D eigenvalue weighted by Crippen LogP contribution is 2.37. The van der Waals surface area contributed by atoms with Crippen molar-refractivity contribution in [2.75, 3.05) is 0 Å². The Morgan fingerprint density at radius 3 is 2.07 bits per heavy atom. The number of halogens is 1. The predicted octanol–water partition coefficient (Wildman–Crippen LogP) is 4.86. The Morgan fingerprint density at radius 1 is 1.29 bits per heavy atom. The van der Waals surface area contributed by atoms with Crippen LogP contribution in [0.3, 0.4) is 0 Å². The average molecular weight is 324 g/mol. The normalized spacial score (nSPS) is 14.9. The van der Waals surface area contributed by atoms with Gasteiger partial charge < -0.3 is 4.43 Å². The van der Waals surface area contributed by atoms with Crippen molar-refractivity contribution in [3.8, 4) is 0 Å². The van der Waals surface area contributed by atoms with Crippen LogP contribution in [-0.4, -0.2) is 8.32 Å². The summed E-state index contributed by atoms with van der Waals surface area (Å²) in [5.74, 6) is 0.992.